The quantitative estimate of drug-likeness (QED) is 0.689. The first kappa shape index (κ1) is 17.0. The summed E-state index contributed by atoms with van der Waals surface area (Å²) in [5.74, 6) is 3.52. The minimum atomic E-state index is 0.379. The van der Waals surface area contributed by atoms with Gasteiger partial charge in [-0.1, -0.05) is 13.0 Å². The summed E-state index contributed by atoms with van der Waals surface area (Å²) in [4.78, 5) is 0. The molecule has 0 radical (unpaired) electrons. The molecule has 1 atom stereocenters. The van der Waals surface area contributed by atoms with Gasteiger partial charge in [0, 0.05) is 5.56 Å². The van der Waals surface area contributed by atoms with Crippen molar-refractivity contribution in [2.75, 3.05) is 25.6 Å². The molecule has 1 rings (SSSR count). The van der Waals surface area contributed by atoms with E-state index in [2.05, 4.69) is 25.6 Å². The highest BCUT2D eigenvalue weighted by molar-refractivity contribution is 7.80. The Kier molecular flexibility index (Phi) is 7.67. The van der Waals surface area contributed by atoms with Gasteiger partial charge in [-0.3, -0.25) is 0 Å². The molecule has 0 amide bonds. The molecule has 0 aromatic heterocycles. The fourth-order valence-corrected chi connectivity index (χ4v) is 2.53. The van der Waals surface area contributed by atoms with Crippen LogP contribution >= 0.6 is 12.6 Å². The first-order valence-corrected chi connectivity index (χ1v) is 7.98. The van der Waals surface area contributed by atoms with Crippen LogP contribution in [0.4, 0.5) is 0 Å². The average Bonchev–Trinajstić information content (AvgIpc) is 2.43. The van der Waals surface area contributed by atoms with Crippen LogP contribution in [0.1, 0.15) is 45.6 Å². The maximum Gasteiger partial charge on any atom is 0.203 e. The summed E-state index contributed by atoms with van der Waals surface area (Å²) in [6, 6.07) is 4.05. The molecule has 114 valence electrons. The Bertz CT molecular complexity index is 407. The van der Waals surface area contributed by atoms with E-state index >= 15 is 0 Å². The summed E-state index contributed by atoms with van der Waals surface area (Å²) >= 11 is 4.32. The molecule has 0 N–H and O–H groups in total. The van der Waals surface area contributed by atoms with Crippen LogP contribution in [0.3, 0.4) is 0 Å². The Morgan fingerprint density at radius 2 is 1.55 bits per heavy atom. The van der Waals surface area contributed by atoms with Crippen molar-refractivity contribution in [1.82, 2.24) is 0 Å². The highest BCUT2D eigenvalue weighted by Crippen LogP contribution is 2.43. The second-order valence-corrected chi connectivity index (χ2v) is 4.97. The van der Waals surface area contributed by atoms with E-state index in [1.807, 2.05) is 26.8 Å². The number of rotatable bonds is 9. The predicted molar refractivity (Wildman–Crippen MR) is 86.8 cm³/mol. The Labute approximate surface area is 128 Å². The van der Waals surface area contributed by atoms with Crippen LogP contribution in [0, 0.1) is 0 Å². The number of hydrogen-bond donors (Lipinski definition) is 1. The second-order valence-electron chi connectivity index (χ2n) is 4.52. The minimum absolute atomic E-state index is 0.379. The minimum Gasteiger partial charge on any atom is -0.490 e. The van der Waals surface area contributed by atoms with E-state index in [4.69, 9.17) is 14.2 Å². The number of hydrogen-bond acceptors (Lipinski definition) is 4. The maximum atomic E-state index is 5.85. The van der Waals surface area contributed by atoms with Crippen molar-refractivity contribution in [3.8, 4) is 17.2 Å². The first-order valence-electron chi connectivity index (χ1n) is 7.35. The van der Waals surface area contributed by atoms with Crippen molar-refractivity contribution in [2.45, 2.75) is 40.0 Å². The zero-order chi connectivity index (χ0) is 15.0. The van der Waals surface area contributed by atoms with Gasteiger partial charge in [-0.25, -0.2) is 0 Å². The van der Waals surface area contributed by atoms with Crippen molar-refractivity contribution < 1.29 is 14.2 Å². The maximum absolute atomic E-state index is 5.85. The molecule has 0 fully saturated rings. The molecule has 3 nitrogen and oxygen atoms in total. The summed E-state index contributed by atoms with van der Waals surface area (Å²) < 4.78 is 17.3. The topological polar surface area (TPSA) is 27.7 Å². The van der Waals surface area contributed by atoms with Gasteiger partial charge in [-0.05, 0) is 44.9 Å². The van der Waals surface area contributed by atoms with Gasteiger partial charge in [0.1, 0.15) is 0 Å². The largest absolute Gasteiger partial charge is 0.490 e. The van der Waals surface area contributed by atoms with E-state index in [0.717, 1.165) is 35.0 Å². The average molecular weight is 298 g/mol. The molecule has 20 heavy (non-hydrogen) atoms. The molecule has 4 heteroatoms. The predicted octanol–water partition coefficient (Wildman–Crippen LogP) is 4.31. The highest BCUT2D eigenvalue weighted by atomic mass is 32.1. The number of thiol groups is 1. The van der Waals surface area contributed by atoms with Crippen molar-refractivity contribution in [1.29, 1.82) is 0 Å². The lowest BCUT2D eigenvalue weighted by molar-refractivity contribution is 0.258. The molecule has 1 aromatic rings. The van der Waals surface area contributed by atoms with Crippen LogP contribution in [-0.2, 0) is 0 Å². The van der Waals surface area contributed by atoms with Crippen LogP contribution < -0.4 is 14.2 Å². The van der Waals surface area contributed by atoms with Crippen molar-refractivity contribution in [2.24, 2.45) is 0 Å². The van der Waals surface area contributed by atoms with Crippen LogP contribution in [0.2, 0.25) is 0 Å². The second kappa shape index (κ2) is 9.01. The fourth-order valence-electron chi connectivity index (χ4n) is 2.14. The van der Waals surface area contributed by atoms with Crippen molar-refractivity contribution in [3.05, 3.63) is 17.7 Å². The summed E-state index contributed by atoms with van der Waals surface area (Å²) in [5, 5.41) is 0. The van der Waals surface area contributed by atoms with E-state index < -0.39 is 0 Å². The van der Waals surface area contributed by atoms with E-state index in [1.165, 1.54) is 0 Å². The van der Waals surface area contributed by atoms with E-state index in [-0.39, 0.29) is 0 Å². The molecular formula is C16H26O3S. The highest BCUT2D eigenvalue weighted by Gasteiger charge is 2.20. The van der Waals surface area contributed by atoms with E-state index in [0.29, 0.717) is 25.7 Å². The zero-order valence-electron chi connectivity index (χ0n) is 12.9. The van der Waals surface area contributed by atoms with Gasteiger partial charge in [0.2, 0.25) is 5.75 Å². The summed E-state index contributed by atoms with van der Waals surface area (Å²) in [6.45, 7) is 9.90. The van der Waals surface area contributed by atoms with E-state index in [9.17, 15) is 0 Å². The van der Waals surface area contributed by atoms with Crippen LogP contribution in [0.25, 0.3) is 0 Å². The van der Waals surface area contributed by atoms with Gasteiger partial charge in [-0.15, -0.1) is 0 Å². The van der Waals surface area contributed by atoms with Gasteiger partial charge < -0.3 is 14.2 Å². The van der Waals surface area contributed by atoms with Gasteiger partial charge in [0.05, 0.1) is 19.8 Å². The Balaban J connectivity index is 3.26. The van der Waals surface area contributed by atoms with Gasteiger partial charge in [0.25, 0.3) is 0 Å². The zero-order valence-corrected chi connectivity index (χ0v) is 13.8. The summed E-state index contributed by atoms with van der Waals surface area (Å²) in [5.41, 5.74) is 1.16. The molecule has 0 aliphatic heterocycles. The molecule has 1 aromatic carbocycles. The Morgan fingerprint density at radius 1 is 0.950 bits per heavy atom. The normalized spacial score (nSPS) is 12.1. The van der Waals surface area contributed by atoms with Crippen LogP contribution in [-0.4, -0.2) is 25.6 Å². The van der Waals surface area contributed by atoms with Crippen LogP contribution in [0.15, 0.2) is 12.1 Å². The molecule has 0 aliphatic carbocycles. The number of ether oxygens (including phenoxy) is 3. The van der Waals surface area contributed by atoms with Gasteiger partial charge in [-0.2, -0.15) is 12.6 Å². The van der Waals surface area contributed by atoms with Crippen molar-refractivity contribution >= 4 is 12.6 Å². The standard InChI is InChI=1S/C16H26O3S/c1-5-17-14-9-8-13(12(4)10-11-20)15(18-6-2)16(14)19-7-3/h8-9,12,20H,5-7,10-11H2,1-4H3. The van der Waals surface area contributed by atoms with Crippen LogP contribution in [0.5, 0.6) is 17.2 Å². The molecule has 0 saturated heterocycles. The van der Waals surface area contributed by atoms with E-state index in [1.54, 1.807) is 0 Å². The van der Waals surface area contributed by atoms with Crippen molar-refractivity contribution in [3.63, 3.8) is 0 Å². The third-order valence-corrected chi connectivity index (χ3v) is 3.33. The molecule has 0 aliphatic rings. The lowest BCUT2D eigenvalue weighted by atomic mass is 9.97. The first-order chi connectivity index (χ1) is 9.69. The van der Waals surface area contributed by atoms with Gasteiger partial charge >= 0.3 is 0 Å². The molecule has 0 heterocycles. The lowest BCUT2D eigenvalue weighted by Gasteiger charge is -2.21. The molecule has 0 saturated carbocycles. The summed E-state index contributed by atoms with van der Waals surface area (Å²) in [7, 11) is 0. The Hall–Kier alpha value is -1.03. The number of benzene rings is 1. The lowest BCUT2D eigenvalue weighted by Crippen LogP contribution is -2.06. The summed E-state index contributed by atoms with van der Waals surface area (Å²) in [6.07, 6.45) is 1.00. The van der Waals surface area contributed by atoms with Gasteiger partial charge in [0.15, 0.2) is 11.5 Å². The molecular weight excluding hydrogens is 272 g/mol. The molecule has 0 spiro atoms. The SMILES string of the molecule is CCOc1ccc(C(C)CCS)c(OCC)c1OCC. The molecule has 0 bridgehead atoms. The fraction of sp³-hybridized carbons (Fsp3) is 0.625. The third kappa shape index (κ3) is 4.23. The smallest absolute Gasteiger partial charge is 0.203 e. The molecule has 1 unspecified atom stereocenters. The monoisotopic (exact) mass is 298 g/mol. The Morgan fingerprint density at radius 3 is 2.10 bits per heavy atom. The third-order valence-electron chi connectivity index (χ3n) is 3.08.